The third-order valence-corrected chi connectivity index (χ3v) is 3.69. The van der Waals surface area contributed by atoms with Gasteiger partial charge in [-0.25, -0.2) is 0 Å². The summed E-state index contributed by atoms with van der Waals surface area (Å²) in [5.74, 6) is 0.0225. The number of carbonyl (C=O) groups excluding carboxylic acids is 2. The summed E-state index contributed by atoms with van der Waals surface area (Å²) in [5, 5.41) is 5.83. The Labute approximate surface area is 140 Å². The van der Waals surface area contributed by atoms with Gasteiger partial charge >= 0.3 is 0 Å². The van der Waals surface area contributed by atoms with Crippen molar-refractivity contribution in [1.82, 2.24) is 15.5 Å². The highest BCUT2D eigenvalue weighted by molar-refractivity contribution is 5.85. The van der Waals surface area contributed by atoms with E-state index in [4.69, 9.17) is 5.73 Å². The molecule has 2 amide bonds. The molecule has 0 spiro atoms. The van der Waals surface area contributed by atoms with E-state index in [0.29, 0.717) is 19.6 Å². The zero-order valence-corrected chi connectivity index (χ0v) is 15.0. The predicted molar refractivity (Wildman–Crippen MR) is 91.0 cm³/mol. The van der Waals surface area contributed by atoms with E-state index in [1.807, 2.05) is 27.7 Å². The molecule has 1 aliphatic heterocycles. The first-order chi connectivity index (χ1) is 9.74. The summed E-state index contributed by atoms with van der Waals surface area (Å²) in [6.07, 6.45) is 1.81. The summed E-state index contributed by atoms with van der Waals surface area (Å²) in [6, 6.07) is -0.214. The third-order valence-electron chi connectivity index (χ3n) is 3.69. The lowest BCUT2D eigenvalue weighted by Gasteiger charge is -2.36. The van der Waals surface area contributed by atoms with Crippen LogP contribution in [-0.2, 0) is 9.59 Å². The number of hydrogen-bond donors (Lipinski definition) is 3. The van der Waals surface area contributed by atoms with Gasteiger partial charge in [0, 0.05) is 25.2 Å². The summed E-state index contributed by atoms with van der Waals surface area (Å²) < 4.78 is 0. The van der Waals surface area contributed by atoms with Crippen LogP contribution in [0.1, 0.15) is 40.5 Å². The zero-order chi connectivity index (χ0) is 16.0. The number of nitrogens with zero attached hydrogens (tertiary/aromatic N) is 1. The Hall–Kier alpha value is -0.850. The Morgan fingerprint density at radius 3 is 2.55 bits per heavy atom. The van der Waals surface area contributed by atoms with Crippen molar-refractivity contribution in [3.05, 3.63) is 0 Å². The zero-order valence-electron chi connectivity index (χ0n) is 14.1. The van der Waals surface area contributed by atoms with Crippen molar-refractivity contribution >= 4 is 24.2 Å². The lowest BCUT2D eigenvalue weighted by Crippen LogP contribution is -2.54. The number of likely N-dealkylation sites (tertiary alicyclic amines) is 1. The number of rotatable bonds is 5. The monoisotopic (exact) mass is 334 g/mol. The summed E-state index contributed by atoms with van der Waals surface area (Å²) in [7, 11) is 0. The maximum Gasteiger partial charge on any atom is 0.237 e. The van der Waals surface area contributed by atoms with Crippen LogP contribution in [0.15, 0.2) is 0 Å². The minimum atomic E-state index is -0.237. The normalized spacial score (nSPS) is 20.7. The molecule has 1 aliphatic rings. The molecular formula is C15H31ClN4O2. The number of carbonyl (C=O) groups is 2. The second kappa shape index (κ2) is 9.33. The van der Waals surface area contributed by atoms with Crippen LogP contribution in [0.25, 0.3) is 0 Å². The van der Waals surface area contributed by atoms with Crippen LogP contribution < -0.4 is 16.4 Å². The second-order valence-electron chi connectivity index (χ2n) is 6.83. The molecule has 2 unspecified atom stereocenters. The fraction of sp³-hybridized carbons (Fsp3) is 0.867. The van der Waals surface area contributed by atoms with E-state index < -0.39 is 0 Å². The van der Waals surface area contributed by atoms with Gasteiger partial charge in [0.2, 0.25) is 11.8 Å². The quantitative estimate of drug-likeness (QED) is 0.683. The molecule has 2 atom stereocenters. The molecule has 0 radical (unpaired) electrons. The number of halogens is 1. The molecule has 22 heavy (non-hydrogen) atoms. The first kappa shape index (κ1) is 21.1. The maximum atomic E-state index is 12.2. The van der Waals surface area contributed by atoms with Gasteiger partial charge in [0.05, 0.1) is 12.0 Å². The lowest BCUT2D eigenvalue weighted by molar-refractivity contribution is -0.132. The largest absolute Gasteiger partial charge is 0.355 e. The third kappa shape index (κ3) is 6.94. The molecule has 0 saturated carbocycles. The standard InChI is InChI=1S/C15H30N4O2.ClH/c1-11(13(20)18-15(2,3)4)19-9-5-6-12(10-19)14(21)17-8-7-16;/h11-12H,5-10,16H2,1-4H3,(H,17,21)(H,18,20);1H. The van der Waals surface area contributed by atoms with Crippen LogP contribution >= 0.6 is 12.4 Å². The van der Waals surface area contributed by atoms with E-state index in [1.165, 1.54) is 0 Å². The van der Waals surface area contributed by atoms with Gasteiger partial charge in [0.1, 0.15) is 0 Å². The van der Waals surface area contributed by atoms with Crippen LogP contribution in [0, 0.1) is 5.92 Å². The molecule has 1 saturated heterocycles. The van der Waals surface area contributed by atoms with Crippen LogP contribution in [0.4, 0.5) is 0 Å². The van der Waals surface area contributed by atoms with E-state index >= 15 is 0 Å². The highest BCUT2D eigenvalue weighted by Crippen LogP contribution is 2.19. The molecule has 0 aromatic heterocycles. The van der Waals surface area contributed by atoms with Crippen LogP contribution in [0.5, 0.6) is 0 Å². The number of nitrogens with two attached hydrogens (primary N) is 1. The molecule has 1 heterocycles. The van der Waals surface area contributed by atoms with E-state index in [0.717, 1.165) is 19.4 Å². The van der Waals surface area contributed by atoms with Crippen molar-refractivity contribution in [1.29, 1.82) is 0 Å². The van der Waals surface area contributed by atoms with Crippen LogP contribution in [0.2, 0.25) is 0 Å². The minimum Gasteiger partial charge on any atom is -0.355 e. The molecular weight excluding hydrogens is 304 g/mol. The van der Waals surface area contributed by atoms with Crippen molar-refractivity contribution in [2.24, 2.45) is 11.7 Å². The number of hydrogen-bond acceptors (Lipinski definition) is 4. The fourth-order valence-corrected chi connectivity index (χ4v) is 2.55. The molecule has 4 N–H and O–H groups in total. The topological polar surface area (TPSA) is 87.5 Å². The number of amides is 2. The second-order valence-corrected chi connectivity index (χ2v) is 6.83. The number of nitrogens with one attached hydrogen (secondary N) is 2. The molecule has 0 aromatic carbocycles. The average molecular weight is 335 g/mol. The van der Waals surface area contributed by atoms with Gasteiger partial charge in [-0.1, -0.05) is 0 Å². The Morgan fingerprint density at radius 1 is 1.36 bits per heavy atom. The summed E-state index contributed by atoms with van der Waals surface area (Å²) >= 11 is 0. The van der Waals surface area contributed by atoms with Gasteiger partial charge < -0.3 is 16.4 Å². The van der Waals surface area contributed by atoms with E-state index in [-0.39, 0.29) is 41.7 Å². The van der Waals surface area contributed by atoms with Gasteiger partial charge in [-0.2, -0.15) is 0 Å². The van der Waals surface area contributed by atoms with Gasteiger partial charge in [-0.3, -0.25) is 14.5 Å². The Bertz CT molecular complexity index is 371. The first-order valence-corrected chi connectivity index (χ1v) is 7.78. The molecule has 1 fully saturated rings. The van der Waals surface area contributed by atoms with Crippen molar-refractivity contribution in [2.45, 2.75) is 52.1 Å². The molecule has 0 bridgehead atoms. The highest BCUT2D eigenvalue weighted by atomic mass is 35.5. The summed E-state index contributed by atoms with van der Waals surface area (Å²) in [5.41, 5.74) is 5.17. The molecule has 6 nitrogen and oxygen atoms in total. The first-order valence-electron chi connectivity index (χ1n) is 7.78. The van der Waals surface area contributed by atoms with Crippen LogP contribution in [-0.4, -0.2) is 54.5 Å². The molecule has 7 heteroatoms. The van der Waals surface area contributed by atoms with Crippen molar-refractivity contribution < 1.29 is 9.59 Å². The molecule has 0 aliphatic carbocycles. The lowest BCUT2D eigenvalue weighted by atomic mass is 9.95. The van der Waals surface area contributed by atoms with Crippen molar-refractivity contribution in [2.75, 3.05) is 26.2 Å². The number of piperidine rings is 1. The highest BCUT2D eigenvalue weighted by Gasteiger charge is 2.31. The van der Waals surface area contributed by atoms with Crippen LogP contribution in [0.3, 0.4) is 0 Å². The maximum absolute atomic E-state index is 12.2. The SMILES string of the molecule is CC(C(=O)NC(C)(C)C)N1CCCC(C(=O)NCCN)C1.Cl. The van der Waals surface area contributed by atoms with Crippen molar-refractivity contribution in [3.63, 3.8) is 0 Å². The van der Waals surface area contributed by atoms with E-state index in [2.05, 4.69) is 15.5 Å². The van der Waals surface area contributed by atoms with Gasteiger partial charge in [-0.15, -0.1) is 12.4 Å². The van der Waals surface area contributed by atoms with Gasteiger partial charge in [0.25, 0.3) is 0 Å². The van der Waals surface area contributed by atoms with Gasteiger partial charge in [-0.05, 0) is 47.1 Å². The van der Waals surface area contributed by atoms with Crippen molar-refractivity contribution in [3.8, 4) is 0 Å². The average Bonchev–Trinajstić information content (AvgIpc) is 2.42. The Morgan fingerprint density at radius 2 is 2.00 bits per heavy atom. The summed E-state index contributed by atoms with van der Waals surface area (Å²) in [4.78, 5) is 26.4. The smallest absolute Gasteiger partial charge is 0.237 e. The fourth-order valence-electron chi connectivity index (χ4n) is 2.55. The predicted octanol–water partition coefficient (Wildman–Crippen LogP) is 0.498. The summed E-state index contributed by atoms with van der Waals surface area (Å²) in [6.45, 7) is 10.3. The molecule has 0 aromatic rings. The Kier molecular flexibility index (Phi) is 8.96. The van der Waals surface area contributed by atoms with E-state index in [9.17, 15) is 9.59 Å². The van der Waals surface area contributed by atoms with E-state index in [1.54, 1.807) is 0 Å². The molecule has 130 valence electrons. The Balaban J connectivity index is 0.00000441. The minimum absolute atomic E-state index is 0. The van der Waals surface area contributed by atoms with Gasteiger partial charge in [0.15, 0.2) is 0 Å². The molecule has 1 rings (SSSR count).